The Hall–Kier alpha value is -2.17. The summed E-state index contributed by atoms with van der Waals surface area (Å²) < 4.78 is 0. The van der Waals surface area contributed by atoms with Crippen LogP contribution in [0.4, 0.5) is 0 Å². The second-order valence-corrected chi connectivity index (χ2v) is 4.66. The highest BCUT2D eigenvalue weighted by molar-refractivity contribution is 6.35. The topological polar surface area (TPSA) is 70.6 Å². The minimum absolute atomic E-state index is 0.298. The lowest BCUT2D eigenvalue weighted by Crippen LogP contribution is -2.39. The van der Waals surface area contributed by atoms with Crippen LogP contribution in [0.15, 0.2) is 29.4 Å². The highest BCUT2D eigenvalue weighted by atomic mass is 16.2. The fourth-order valence-corrected chi connectivity index (χ4v) is 1.32. The average molecular weight is 261 g/mol. The minimum Gasteiger partial charge on any atom is -0.348 e. The standard InChI is InChI=1S/C14H19N3O2/c1-10(2)8-15-13(18)14(19)17-16-9-12-7-5-4-6-11(12)3/h4-7,9-10H,8H2,1-3H3,(H,15,18)(H,17,19)/b16-9-. The third kappa shape index (κ3) is 5.33. The van der Waals surface area contributed by atoms with Gasteiger partial charge in [0.05, 0.1) is 6.21 Å². The quantitative estimate of drug-likeness (QED) is 0.486. The van der Waals surface area contributed by atoms with Gasteiger partial charge in [0, 0.05) is 6.54 Å². The van der Waals surface area contributed by atoms with E-state index in [1.807, 2.05) is 45.0 Å². The summed E-state index contributed by atoms with van der Waals surface area (Å²) in [6, 6.07) is 7.62. The number of hydrazone groups is 1. The molecule has 0 unspecified atom stereocenters. The first-order valence-electron chi connectivity index (χ1n) is 6.17. The van der Waals surface area contributed by atoms with Gasteiger partial charge in [0.15, 0.2) is 0 Å². The van der Waals surface area contributed by atoms with Crippen molar-refractivity contribution in [3.63, 3.8) is 0 Å². The molecule has 1 aromatic carbocycles. The third-order valence-corrected chi connectivity index (χ3v) is 2.44. The molecule has 0 heterocycles. The minimum atomic E-state index is -0.759. The van der Waals surface area contributed by atoms with Gasteiger partial charge in [-0.2, -0.15) is 5.10 Å². The number of carbonyl (C=O) groups is 2. The molecular weight excluding hydrogens is 242 g/mol. The number of benzene rings is 1. The Labute approximate surface area is 113 Å². The molecule has 0 aliphatic heterocycles. The van der Waals surface area contributed by atoms with Crippen LogP contribution >= 0.6 is 0 Å². The summed E-state index contributed by atoms with van der Waals surface area (Å²) in [5, 5.41) is 6.28. The van der Waals surface area contributed by atoms with E-state index in [0.29, 0.717) is 12.5 Å². The predicted molar refractivity (Wildman–Crippen MR) is 74.8 cm³/mol. The first-order chi connectivity index (χ1) is 9.00. The van der Waals surface area contributed by atoms with Gasteiger partial charge in [-0.15, -0.1) is 0 Å². The molecule has 2 amide bonds. The van der Waals surface area contributed by atoms with Crippen molar-refractivity contribution in [3.8, 4) is 0 Å². The Balaban J connectivity index is 2.46. The molecule has 5 nitrogen and oxygen atoms in total. The van der Waals surface area contributed by atoms with Crippen LogP contribution in [0.1, 0.15) is 25.0 Å². The summed E-state index contributed by atoms with van der Waals surface area (Å²) in [5.74, 6) is -1.13. The van der Waals surface area contributed by atoms with E-state index < -0.39 is 11.8 Å². The molecule has 102 valence electrons. The molecular formula is C14H19N3O2. The van der Waals surface area contributed by atoms with Gasteiger partial charge in [-0.05, 0) is 24.0 Å². The zero-order chi connectivity index (χ0) is 14.3. The molecule has 0 saturated carbocycles. The highest BCUT2D eigenvalue weighted by Crippen LogP contribution is 2.02. The van der Waals surface area contributed by atoms with Crippen LogP contribution < -0.4 is 10.7 Å². The number of rotatable bonds is 4. The van der Waals surface area contributed by atoms with Crippen molar-refractivity contribution < 1.29 is 9.59 Å². The molecule has 0 saturated heterocycles. The van der Waals surface area contributed by atoms with Crippen LogP contribution in [-0.4, -0.2) is 24.6 Å². The van der Waals surface area contributed by atoms with Crippen molar-refractivity contribution >= 4 is 18.0 Å². The average Bonchev–Trinajstić information content (AvgIpc) is 2.38. The summed E-state index contributed by atoms with van der Waals surface area (Å²) in [6.45, 7) is 6.31. The maximum absolute atomic E-state index is 11.4. The molecule has 0 bridgehead atoms. The van der Waals surface area contributed by atoms with Gasteiger partial charge in [0.1, 0.15) is 0 Å². The van der Waals surface area contributed by atoms with Crippen LogP contribution in [0.5, 0.6) is 0 Å². The maximum Gasteiger partial charge on any atom is 0.329 e. The Morgan fingerprint density at radius 2 is 1.95 bits per heavy atom. The zero-order valence-corrected chi connectivity index (χ0v) is 11.4. The number of nitrogens with one attached hydrogen (secondary N) is 2. The van der Waals surface area contributed by atoms with Gasteiger partial charge in [0.2, 0.25) is 0 Å². The largest absolute Gasteiger partial charge is 0.348 e. The monoisotopic (exact) mass is 261 g/mol. The lowest BCUT2D eigenvalue weighted by molar-refractivity contribution is -0.139. The fraction of sp³-hybridized carbons (Fsp3) is 0.357. The number of aryl methyl sites for hydroxylation is 1. The normalized spacial score (nSPS) is 10.7. The van der Waals surface area contributed by atoms with Crippen molar-refractivity contribution in [1.82, 2.24) is 10.7 Å². The molecule has 2 N–H and O–H groups in total. The number of nitrogens with zero attached hydrogens (tertiary/aromatic N) is 1. The molecule has 1 aromatic rings. The summed E-state index contributed by atoms with van der Waals surface area (Å²) in [6.07, 6.45) is 1.52. The Morgan fingerprint density at radius 3 is 2.58 bits per heavy atom. The third-order valence-electron chi connectivity index (χ3n) is 2.44. The lowest BCUT2D eigenvalue weighted by Gasteiger charge is -2.05. The van der Waals surface area contributed by atoms with E-state index in [1.54, 1.807) is 0 Å². The van der Waals surface area contributed by atoms with Crippen molar-refractivity contribution in [3.05, 3.63) is 35.4 Å². The zero-order valence-electron chi connectivity index (χ0n) is 11.4. The first-order valence-corrected chi connectivity index (χ1v) is 6.17. The molecule has 1 rings (SSSR count). The molecule has 0 spiro atoms. The molecule has 0 aliphatic rings. The molecule has 0 radical (unpaired) electrons. The molecule has 0 fully saturated rings. The van der Waals surface area contributed by atoms with Crippen LogP contribution in [-0.2, 0) is 9.59 Å². The van der Waals surface area contributed by atoms with Gasteiger partial charge in [0.25, 0.3) is 0 Å². The van der Waals surface area contributed by atoms with E-state index in [-0.39, 0.29) is 0 Å². The van der Waals surface area contributed by atoms with Gasteiger partial charge >= 0.3 is 11.8 Å². The van der Waals surface area contributed by atoms with E-state index >= 15 is 0 Å². The number of amides is 2. The number of hydrogen-bond acceptors (Lipinski definition) is 3. The van der Waals surface area contributed by atoms with Crippen molar-refractivity contribution in [2.75, 3.05) is 6.54 Å². The van der Waals surface area contributed by atoms with Crippen LogP contribution in [0.3, 0.4) is 0 Å². The Kier molecular flexibility index (Phi) is 5.73. The molecule has 0 aliphatic carbocycles. The van der Waals surface area contributed by atoms with Gasteiger partial charge in [-0.3, -0.25) is 9.59 Å². The smallest absolute Gasteiger partial charge is 0.329 e. The number of carbonyl (C=O) groups excluding carboxylic acids is 2. The predicted octanol–water partition coefficient (Wildman–Crippen LogP) is 1.22. The Bertz CT molecular complexity index is 481. The van der Waals surface area contributed by atoms with E-state index in [2.05, 4.69) is 15.8 Å². The summed E-state index contributed by atoms with van der Waals surface area (Å²) in [4.78, 5) is 22.8. The van der Waals surface area contributed by atoms with Gasteiger partial charge < -0.3 is 5.32 Å². The second-order valence-electron chi connectivity index (χ2n) is 4.66. The summed E-state index contributed by atoms with van der Waals surface area (Å²) in [5.41, 5.74) is 4.14. The van der Waals surface area contributed by atoms with Crippen molar-refractivity contribution in [2.45, 2.75) is 20.8 Å². The fourth-order valence-electron chi connectivity index (χ4n) is 1.32. The summed E-state index contributed by atoms with van der Waals surface area (Å²) in [7, 11) is 0. The van der Waals surface area contributed by atoms with Crippen LogP contribution in [0.2, 0.25) is 0 Å². The molecule has 19 heavy (non-hydrogen) atoms. The van der Waals surface area contributed by atoms with Crippen molar-refractivity contribution in [1.29, 1.82) is 0 Å². The van der Waals surface area contributed by atoms with E-state index in [0.717, 1.165) is 11.1 Å². The first kappa shape index (κ1) is 14.9. The molecule has 0 aromatic heterocycles. The van der Waals surface area contributed by atoms with Gasteiger partial charge in [-0.1, -0.05) is 38.1 Å². The highest BCUT2D eigenvalue weighted by Gasteiger charge is 2.11. The van der Waals surface area contributed by atoms with Crippen LogP contribution in [0, 0.1) is 12.8 Å². The van der Waals surface area contributed by atoms with Crippen molar-refractivity contribution in [2.24, 2.45) is 11.0 Å². The lowest BCUT2D eigenvalue weighted by atomic mass is 10.1. The van der Waals surface area contributed by atoms with E-state index in [4.69, 9.17) is 0 Å². The SMILES string of the molecule is Cc1ccccc1/C=N\NC(=O)C(=O)NCC(C)C. The van der Waals surface area contributed by atoms with E-state index in [1.165, 1.54) is 6.21 Å². The molecule has 0 atom stereocenters. The summed E-state index contributed by atoms with van der Waals surface area (Å²) >= 11 is 0. The van der Waals surface area contributed by atoms with Gasteiger partial charge in [-0.25, -0.2) is 5.43 Å². The second kappa shape index (κ2) is 7.31. The maximum atomic E-state index is 11.4. The Morgan fingerprint density at radius 1 is 1.26 bits per heavy atom. The molecule has 5 heteroatoms. The van der Waals surface area contributed by atoms with Crippen LogP contribution in [0.25, 0.3) is 0 Å². The number of hydrogen-bond donors (Lipinski definition) is 2. The van der Waals surface area contributed by atoms with E-state index in [9.17, 15) is 9.59 Å².